The lowest BCUT2D eigenvalue weighted by Gasteiger charge is -2.32. The van der Waals surface area contributed by atoms with Gasteiger partial charge >= 0.3 is 18.1 Å². The Kier molecular flexibility index (Phi) is 7.24. The second-order valence-corrected chi connectivity index (χ2v) is 6.79. The van der Waals surface area contributed by atoms with Gasteiger partial charge in [-0.15, -0.1) is 0 Å². The fourth-order valence-corrected chi connectivity index (χ4v) is 3.09. The van der Waals surface area contributed by atoms with Gasteiger partial charge in [0.05, 0.1) is 37.7 Å². The standard InChI is InChI=1S/C21H14F7NO6/c1-32-19(30)10-7-34-8-29(16(10)20(31)33-2)14-4-3-11(22)15(25)18(14)35-17-12(23)5-9(6-13(17)24)21(26,27)28/h3-6H,7-8H2,1-2H3. The maximum absolute atomic E-state index is 14.8. The smallest absolute Gasteiger partial charge is 0.416 e. The number of rotatable bonds is 5. The van der Waals surface area contributed by atoms with Crippen LogP contribution in [0.1, 0.15) is 5.56 Å². The van der Waals surface area contributed by atoms with Crippen molar-refractivity contribution in [3.63, 3.8) is 0 Å². The lowest BCUT2D eigenvalue weighted by Crippen LogP contribution is -2.39. The molecule has 7 nitrogen and oxygen atoms in total. The first-order chi connectivity index (χ1) is 16.4. The summed E-state index contributed by atoms with van der Waals surface area (Å²) in [4.78, 5) is 25.3. The van der Waals surface area contributed by atoms with Crippen LogP contribution in [-0.4, -0.2) is 39.5 Å². The molecule has 0 aromatic heterocycles. The van der Waals surface area contributed by atoms with Crippen LogP contribution in [0.25, 0.3) is 0 Å². The summed E-state index contributed by atoms with van der Waals surface area (Å²) in [5, 5.41) is 0. The molecule has 188 valence electrons. The topological polar surface area (TPSA) is 74.3 Å². The van der Waals surface area contributed by atoms with Crippen LogP contribution in [0.2, 0.25) is 0 Å². The van der Waals surface area contributed by atoms with Crippen molar-refractivity contribution >= 4 is 17.6 Å². The number of carbonyl (C=O) groups excluding carboxylic acids is 2. The zero-order chi connectivity index (χ0) is 26.1. The van der Waals surface area contributed by atoms with Gasteiger partial charge < -0.3 is 23.8 Å². The summed E-state index contributed by atoms with van der Waals surface area (Å²) in [5.74, 6) is -12.0. The van der Waals surface area contributed by atoms with Crippen molar-refractivity contribution in [2.75, 3.05) is 32.5 Å². The third-order valence-electron chi connectivity index (χ3n) is 4.68. The molecule has 0 spiro atoms. The summed E-state index contributed by atoms with van der Waals surface area (Å²) in [6.07, 6.45) is -5.11. The first kappa shape index (κ1) is 25.8. The Morgan fingerprint density at radius 2 is 1.51 bits per heavy atom. The Morgan fingerprint density at radius 3 is 2.06 bits per heavy atom. The number of nitrogens with zero attached hydrogens (tertiary/aromatic N) is 1. The largest absolute Gasteiger partial charge is 0.466 e. The summed E-state index contributed by atoms with van der Waals surface area (Å²) >= 11 is 0. The van der Waals surface area contributed by atoms with Crippen molar-refractivity contribution in [2.24, 2.45) is 0 Å². The van der Waals surface area contributed by atoms with Crippen LogP contribution in [0.15, 0.2) is 35.5 Å². The van der Waals surface area contributed by atoms with Crippen LogP contribution < -0.4 is 9.64 Å². The monoisotopic (exact) mass is 509 g/mol. The lowest BCUT2D eigenvalue weighted by molar-refractivity contribution is -0.140. The average molecular weight is 509 g/mol. The van der Waals surface area contributed by atoms with Crippen molar-refractivity contribution in [2.45, 2.75) is 6.18 Å². The van der Waals surface area contributed by atoms with E-state index in [1.807, 2.05) is 0 Å². The lowest BCUT2D eigenvalue weighted by atomic mass is 10.1. The fraction of sp³-hybridized carbons (Fsp3) is 0.238. The molecule has 2 aromatic carbocycles. The molecule has 0 fully saturated rings. The molecule has 2 aromatic rings. The number of methoxy groups -OCH3 is 2. The number of carbonyl (C=O) groups is 2. The number of alkyl halides is 3. The maximum atomic E-state index is 14.8. The minimum absolute atomic E-state index is 0.103. The van der Waals surface area contributed by atoms with Crippen LogP contribution in [0.4, 0.5) is 36.4 Å². The van der Waals surface area contributed by atoms with Gasteiger partial charge in [0.25, 0.3) is 0 Å². The predicted molar refractivity (Wildman–Crippen MR) is 102 cm³/mol. The van der Waals surface area contributed by atoms with E-state index >= 15 is 0 Å². The summed E-state index contributed by atoms with van der Waals surface area (Å²) in [5.41, 5.74) is -3.21. The molecular weight excluding hydrogens is 495 g/mol. The summed E-state index contributed by atoms with van der Waals surface area (Å²) in [6, 6.07) is 1.18. The fourth-order valence-electron chi connectivity index (χ4n) is 3.09. The highest BCUT2D eigenvalue weighted by Gasteiger charge is 2.36. The second kappa shape index (κ2) is 9.82. The van der Waals surface area contributed by atoms with E-state index in [1.165, 1.54) is 0 Å². The number of benzene rings is 2. The number of hydrogen-bond donors (Lipinski definition) is 0. The normalized spacial score (nSPS) is 14.1. The van der Waals surface area contributed by atoms with Crippen LogP contribution in [0, 0.1) is 23.3 Å². The van der Waals surface area contributed by atoms with Crippen molar-refractivity contribution in [3.05, 3.63) is 64.4 Å². The molecule has 3 rings (SSSR count). The molecule has 0 aliphatic carbocycles. The SMILES string of the molecule is COC(=O)C1=C(C(=O)OC)N(c2ccc(F)c(F)c2Oc2c(F)cc(C(F)(F)F)cc2F)COC1. The number of hydrogen-bond acceptors (Lipinski definition) is 7. The Labute approximate surface area is 192 Å². The molecule has 1 aliphatic rings. The quantitative estimate of drug-likeness (QED) is 0.436. The van der Waals surface area contributed by atoms with Gasteiger partial charge in [-0.25, -0.2) is 22.8 Å². The van der Waals surface area contributed by atoms with E-state index in [1.54, 1.807) is 0 Å². The van der Waals surface area contributed by atoms with E-state index in [0.717, 1.165) is 25.2 Å². The van der Waals surface area contributed by atoms with Gasteiger partial charge in [-0.05, 0) is 24.3 Å². The van der Waals surface area contributed by atoms with Crippen molar-refractivity contribution in [1.82, 2.24) is 0 Å². The van der Waals surface area contributed by atoms with Crippen molar-refractivity contribution in [3.8, 4) is 11.5 Å². The van der Waals surface area contributed by atoms with E-state index in [9.17, 15) is 40.3 Å². The number of esters is 2. The van der Waals surface area contributed by atoms with Gasteiger partial charge in [-0.1, -0.05) is 0 Å². The molecule has 0 bridgehead atoms. The third kappa shape index (κ3) is 5.01. The molecule has 0 saturated heterocycles. The van der Waals surface area contributed by atoms with E-state index in [0.29, 0.717) is 6.07 Å². The number of halogens is 7. The Balaban J connectivity index is 2.20. The van der Waals surface area contributed by atoms with E-state index in [-0.39, 0.29) is 12.1 Å². The predicted octanol–water partition coefficient (Wildman–Crippen LogP) is 4.45. The van der Waals surface area contributed by atoms with Gasteiger partial charge in [0.1, 0.15) is 12.4 Å². The van der Waals surface area contributed by atoms with Crippen LogP contribution >= 0.6 is 0 Å². The summed E-state index contributed by atoms with van der Waals surface area (Å²) in [7, 11) is 1.94. The van der Waals surface area contributed by atoms with Crippen LogP contribution in [-0.2, 0) is 30.0 Å². The van der Waals surface area contributed by atoms with Gasteiger partial charge in [-0.2, -0.15) is 17.6 Å². The van der Waals surface area contributed by atoms with Gasteiger partial charge in [0.15, 0.2) is 29.0 Å². The molecule has 0 saturated carbocycles. The zero-order valence-electron chi connectivity index (χ0n) is 17.8. The minimum Gasteiger partial charge on any atom is -0.466 e. The van der Waals surface area contributed by atoms with E-state index in [4.69, 9.17) is 9.47 Å². The number of ether oxygens (including phenoxy) is 4. The van der Waals surface area contributed by atoms with Gasteiger partial charge in [0.2, 0.25) is 5.82 Å². The molecule has 0 radical (unpaired) electrons. The summed E-state index contributed by atoms with van der Waals surface area (Å²) < 4.78 is 115. The van der Waals surface area contributed by atoms with Crippen molar-refractivity contribution < 1.29 is 59.3 Å². The van der Waals surface area contributed by atoms with Crippen LogP contribution in [0.3, 0.4) is 0 Å². The van der Waals surface area contributed by atoms with Gasteiger partial charge in [0, 0.05) is 0 Å². The van der Waals surface area contributed by atoms with E-state index in [2.05, 4.69) is 9.47 Å². The zero-order valence-corrected chi connectivity index (χ0v) is 17.8. The van der Waals surface area contributed by atoms with Gasteiger partial charge in [-0.3, -0.25) is 0 Å². The molecule has 1 aliphatic heterocycles. The third-order valence-corrected chi connectivity index (χ3v) is 4.68. The van der Waals surface area contributed by atoms with Crippen LogP contribution in [0.5, 0.6) is 11.5 Å². The Hall–Kier alpha value is -3.81. The Bertz CT molecular complexity index is 1190. The number of anilines is 1. The molecular formula is C21H14F7NO6. The summed E-state index contributed by atoms with van der Waals surface area (Å²) in [6.45, 7) is -1.03. The molecule has 0 unspecified atom stereocenters. The maximum Gasteiger partial charge on any atom is 0.416 e. The molecule has 0 N–H and O–H groups in total. The first-order valence-electron chi connectivity index (χ1n) is 9.37. The first-order valence-corrected chi connectivity index (χ1v) is 9.37. The molecule has 0 amide bonds. The molecule has 14 heteroatoms. The highest BCUT2D eigenvalue weighted by atomic mass is 19.4. The molecule has 0 atom stereocenters. The second-order valence-electron chi connectivity index (χ2n) is 6.79. The van der Waals surface area contributed by atoms with E-state index < -0.39 is 88.7 Å². The molecule has 1 heterocycles. The van der Waals surface area contributed by atoms with Crippen molar-refractivity contribution in [1.29, 1.82) is 0 Å². The highest BCUT2D eigenvalue weighted by Crippen LogP contribution is 2.42. The average Bonchev–Trinajstić information content (AvgIpc) is 2.81. The highest BCUT2D eigenvalue weighted by molar-refractivity contribution is 6.03. The Morgan fingerprint density at radius 1 is 0.914 bits per heavy atom. The molecule has 35 heavy (non-hydrogen) atoms. The minimum atomic E-state index is -5.11.